The predicted octanol–water partition coefficient (Wildman–Crippen LogP) is 16.6. The van der Waals surface area contributed by atoms with E-state index in [9.17, 15) is 0 Å². The van der Waals surface area contributed by atoms with Gasteiger partial charge in [0.1, 0.15) is 0 Å². The Morgan fingerprint density at radius 1 is 0.279 bits per heavy atom. The van der Waals surface area contributed by atoms with Crippen LogP contribution in [-0.2, 0) is 5.41 Å². The molecule has 0 saturated heterocycles. The lowest BCUT2D eigenvalue weighted by atomic mass is 9.67. The lowest BCUT2D eigenvalue weighted by Crippen LogP contribution is -2.28. The molecular formula is C64H41N3S. The van der Waals surface area contributed by atoms with Crippen LogP contribution in [0.3, 0.4) is 0 Å². The molecule has 68 heavy (non-hydrogen) atoms. The third-order valence-corrected chi connectivity index (χ3v) is 14.9. The van der Waals surface area contributed by atoms with E-state index in [1.54, 1.807) is 11.3 Å². The number of benzene rings is 10. The first-order valence-electron chi connectivity index (χ1n) is 23.1. The van der Waals surface area contributed by atoms with Gasteiger partial charge in [0.2, 0.25) is 0 Å². The first kappa shape index (κ1) is 39.8. The fraction of sp³-hybridized carbons (Fsp3) is 0.0156. The molecule has 318 valence electrons. The molecule has 10 aromatic carbocycles. The van der Waals surface area contributed by atoms with Gasteiger partial charge >= 0.3 is 0 Å². The zero-order valence-corrected chi connectivity index (χ0v) is 37.7. The molecule has 0 radical (unpaired) electrons. The van der Waals surface area contributed by atoms with E-state index in [0.717, 1.165) is 38.9 Å². The Hall–Kier alpha value is -8.57. The molecule has 3 nitrogen and oxygen atoms in total. The molecule has 0 N–H and O–H groups in total. The monoisotopic (exact) mass is 883 g/mol. The summed E-state index contributed by atoms with van der Waals surface area (Å²) < 4.78 is 2.41. The van der Waals surface area contributed by atoms with Crippen LogP contribution in [0.2, 0.25) is 0 Å². The fourth-order valence-corrected chi connectivity index (χ4v) is 11.7. The van der Waals surface area contributed by atoms with Crippen LogP contribution in [0.15, 0.2) is 249 Å². The number of rotatable bonds is 8. The molecule has 2 heterocycles. The number of nitrogens with zero attached hydrogens (tertiary/aromatic N) is 3. The standard InChI is InChI=1S/C64H41N3S/c1-4-18-43(19-5-1)50-26-10-11-29-55(50)62-65-61(66-63(67-62)56-31-17-30-54-53-28-13-15-33-59(53)68-60(54)56)44-36-34-42(35-37-44)45-20-16-21-46(40-45)47-38-39-52-51-27-12-14-32-57(51)64(58(52)41-47,48-22-6-2-7-23-48)49-24-8-3-9-25-49/h1-41H. The van der Waals surface area contributed by atoms with Gasteiger partial charge in [0.25, 0.3) is 0 Å². The molecule has 1 aliphatic rings. The van der Waals surface area contributed by atoms with Crippen LogP contribution < -0.4 is 0 Å². The minimum absolute atomic E-state index is 0.458. The normalized spacial score (nSPS) is 12.5. The van der Waals surface area contributed by atoms with Crippen molar-refractivity contribution in [3.05, 3.63) is 271 Å². The molecule has 0 atom stereocenters. The highest BCUT2D eigenvalue weighted by Crippen LogP contribution is 2.56. The average molecular weight is 884 g/mol. The highest BCUT2D eigenvalue weighted by Gasteiger charge is 2.46. The maximum Gasteiger partial charge on any atom is 0.165 e. The maximum absolute atomic E-state index is 5.27. The third-order valence-electron chi connectivity index (χ3n) is 13.7. The van der Waals surface area contributed by atoms with Crippen molar-refractivity contribution in [2.45, 2.75) is 5.41 Å². The second-order valence-electron chi connectivity index (χ2n) is 17.4. The molecule has 0 aliphatic heterocycles. The zero-order valence-electron chi connectivity index (χ0n) is 36.9. The van der Waals surface area contributed by atoms with Gasteiger partial charge in [-0.1, -0.05) is 224 Å². The van der Waals surface area contributed by atoms with Crippen LogP contribution in [0.1, 0.15) is 22.3 Å². The van der Waals surface area contributed by atoms with Gasteiger partial charge in [-0.3, -0.25) is 0 Å². The van der Waals surface area contributed by atoms with Crippen molar-refractivity contribution in [2.24, 2.45) is 0 Å². The molecule has 1 aliphatic carbocycles. The van der Waals surface area contributed by atoms with E-state index < -0.39 is 5.41 Å². The fourth-order valence-electron chi connectivity index (χ4n) is 10.5. The van der Waals surface area contributed by atoms with Gasteiger partial charge in [0.15, 0.2) is 17.5 Å². The van der Waals surface area contributed by atoms with Crippen molar-refractivity contribution < 1.29 is 0 Å². The SMILES string of the molecule is c1ccc(-c2ccccc2-c2nc(-c3ccc(-c4cccc(-c5ccc6c(c5)C(c5ccccc5)(c5ccccc5)c5ccccc5-6)c4)cc3)nc(-c3cccc4c3sc3ccccc34)n2)cc1. The van der Waals surface area contributed by atoms with Crippen molar-refractivity contribution in [1.29, 1.82) is 0 Å². The summed E-state index contributed by atoms with van der Waals surface area (Å²) >= 11 is 1.79. The van der Waals surface area contributed by atoms with Crippen LogP contribution >= 0.6 is 11.3 Å². The lowest BCUT2D eigenvalue weighted by Gasteiger charge is -2.34. The number of hydrogen-bond acceptors (Lipinski definition) is 4. The Kier molecular flexibility index (Phi) is 9.59. The molecule has 2 aromatic heterocycles. The van der Waals surface area contributed by atoms with Crippen molar-refractivity contribution in [3.63, 3.8) is 0 Å². The van der Waals surface area contributed by atoms with Crippen LogP contribution in [-0.4, -0.2) is 15.0 Å². The van der Waals surface area contributed by atoms with Crippen molar-refractivity contribution in [3.8, 4) is 78.7 Å². The third kappa shape index (κ3) is 6.52. The van der Waals surface area contributed by atoms with E-state index in [2.05, 4.69) is 243 Å². The van der Waals surface area contributed by atoms with Crippen molar-refractivity contribution in [1.82, 2.24) is 15.0 Å². The van der Waals surface area contributed by atoms with Crippen LogP contribution in [0.4, 0.5) is 0 Å². The van der Waals surface area contributed by atoms with Gasteiger partial charge in [-0.2, -0.15) is 0 Å². The summed E-state index contributed by atoms with van der Waals surface area (Å²) in [7, 11) is 0. The molecular weight excluding hydrogens is 843 g/mol. The molecule has 0 spiro atoms. The Labute approximate surface area is 399 Å². The van der Waals surface area contributed by atoms with E-state index in [1.807, 2.05) is 6.07 Å². The zero-order chi connectivity index (χ0) is 45.0. The Bertz CT molecular complexity index is 3800. The van der Waals surface area contributed by atoms with E-state index in [1.165, 1.54) is 64.7 Å². The average Bonchev–Trinajstić information content (AvgIpc) is 3.95. The van der Waals surface area contributed by atoms with Crippen LogP contribution in [0.25, 0.3) is 98.8 Å². The van der Waals surface area contributed by atoms with Gasteiger partial charge in [-0.25, -0.2) is 15.0 Å². The first-order valence-corrected chi connectivity index (χ1v) is 23.9. The summed E-state index contributed by atoms with van der Waals surface area (Å²) in [5.41, 5.74) is 16.9. The number of hydrogen-bond donors (Lipinski definition) is 0. The Morgan fingerprint density at radius 2 is 0.765 bits per heavy atom. The van der Waals surface area contributed by atoms with Crippen LogP contribution in [0.5, 0.6) is 0 Å². The quantitative estimate of drug-likeness (QED) is 0.153. The predicted molar refractivity (Wildman–Crippen MR) is 283 cm³/mol. The van der Waals surface area contributed by atoms with Gasteiger partial charge in [0.05, 0.1) is 5.41 Å². The summed E-state index contributed by atoms with van der Waals surface area (Å²) in [5.74, 6) is 1.92. The minimum atomic E-state index is -0.458. The Morgan fingerprint density at radius 3 is 1.51 bits per heavy atom. The highest BCUT2D eigenvalue weighted by atomic mass is 32.1. The molecule has 0 unspecified atom stereocenters. The molecule has 0 amide bonds. The second-order valence-corrected chi connectivity index (χ2v) is 18.5. The highest BCUT2D eigenvalue weighted by molar-refractivity contribution is 7.26. The van der Waals surface area contributed by atoms with Gasteiger partial charge in [0, 0.05) is 36.9 Å². The van der Waals surface area contributed by atoms with E-state index in [4.69, 9.17) is 15.0 Å². The molecule has 4 heteroatoms. The minimum Gasteiger partial charge on any atom is -0.208 e. The summed E-state index contributed by atoms with van der Waals surface area (Å²) in [5, 5.41) is 2.45. The summed E-state index contributed by atoms with van der Waals surface area (Å²) in [6.07, 6.45) is 0. The van der Waals surface area contributed by atoms with E-state index in [0.29, 0.717) is 17.5 Å². The molecule has 0 saturated carbocycles. The molecule has 13 rings (SSSR count). The largest absolute Gasteiger partial charge is 0.208 e. The van der Waals surface area contributed by atoms with E-state index >= 15 is 0 Å². The number of thiophene rings is 1. The topological polar surface area (TPSA) is 38.7 Å². The second kappa shape index (κ2) is 16.4. The summed E-state index contributed by atoms with van der Waals surface area (Å²) in [4.78, 5) is 15.8. The van der Waals surface area contributed by atoms with E-state index in [-0.39, 0.29) is 0 Å². The summed E-state index contributed by atoms with van der Waals surface area (Å²) in [6, 6.07) is 89.5. The molecule has 0 fully saturated rings. The maximum atomic E-state index is 5.27. The molecule has 0 bridgehead atoms. The van der Waals surface area contributed by atoms with Gasteiger partial charge in [-0.05, 0) is 91.0 Å². The van der Waals surface area contributed by atoms with Crippen molar-refractivity contribution in [2.75, 3.05) is 0 Å². The first-order chi connectivity index (χ1) is 33.7. The number of aromatic nitrogens is 3. The smallest absolute Gasteiger partial charge is 0.165 e. The lowest BCUT2D eigenvalue weighted by molar-refractivity contribution is 0.769. The number of fused-ring (bicyclic) bond motifs is 6. The van der Waals surface area contributed by atoms with Crippen molar-refractivity contribution >= 4 is 31.5 Å². The Balaban J connectivity index is 0.907. The van der Waals surface area contributed by atoms with Gasteiger partial charge in [-0.15, -0.1) is 11.3 Å². The summed E-state index contributed by atoms with van der Waals surface area (Å²) in [6.45, 7) is 0. The van der Waals surface area contributed by atoms with Gasteiger partial charge < -0.3 is 0 Å². The van der Waals surface area contributed by atoms with Crippen LogP contribution in [0, 0.1) is 0 Å². The molecule has 12 aromatic rings.